The molecule has 2 aromatic rings. The largest absolute Gasteiger partial charge is 0.369 e. The molecule has 1 atom stereocenters. The van der Waals surface area contributed by atoms with Crippen LogP contribution >= 0.6 is 0 Å². The summed E-state index contributed by atoms with van der Waals surface area (Å²) < 4.78 is 25.2. The molecule has 0 bridgehead atoms. The predicted octanol–water partition coefficient (Wildman–Crippen LogP) is 2.54. The van der Waals surface area contributed by atoms with Crippen molar-refractivity contribution in [3.63, 3.8) is 0 Å². The second kappa shape index (κ2) is 8.22. The molecular weight excluding hydrogens is 374 g/mol. The normalized spacial score (nSPS) is 16.4. The highest BCUT2D eigenvalue weighted by Gasteiger charge is 2.18. The highest BCUT2D eigenvalue weighted by Crippen LogP contribution is 2.20. The van der Waals surface area contributed by atoms with E-state index in [0.717, 1.165) is 5.56 Å². The predicted molar refractivity (Wildman–Crippen MR) is 108 cm³/mol. The lowest BCUT2D eigenvalue weighted by molar-refractivity contribution is -0.117. The molecule has 6 nitrogen and oxygen atoms in total. The summed E-state index contributed by atoms with van der Waals surface area (Å²) in [4.78, 5) is 14.6. The number of likely N-dealkylation sites (N-methyl/N-ethyl adjacent to an activating group) is 1. The van der Waals surface area contributed by atoms with Crippen LogP contribution in [0, 0.1) is 5.41 Å². The number of nitrogens with one attached hydrogen (secondary N) is 2. The van der Waals surface area contributed by atoms with Gasteiger partial charge < -0.3 is 15.6 Å². The van der Waals surface area contributed by atoms with Crippen LogP contribution in [-0.4, -0.2) is 38.5 Å². The number of nitrogens with zero attached hydrogens (tertiary/aromatic N) is 1. The average Bonchev–Trinajstić information content (AvgIpc) is 2.73. The summed E-state index contributed by atoms with van der Waals surface area (Å²) in [5.74, 6) is -0.239. The molecular formula is C21H21N3O3S. The van der Waals surface area contributed by atoms with E-state index >= 15 is 0 Å². The Balaban J connectivity index is 1.66. The minimum atomic E-state index is -3.55. The van der Waals surface area contributed by atoms with E-state index in [1.165, 1.54) is 6.21 Å². The maximum absolute atomic E-state index is 12.6. The summed E-state index contributed by atoms with van der Waals surface area (Å²) in [5.41, 5.74) is 1.29. The third-order valence-electron chi connectivity index (χ3n) is 4.48. The number of carbonyl (C=O) groups is 1. The van der Waals surface area contributed by atoms with Crippen LogP contribution in [0.5, 0.6) is 0 Å². The van der Waals surface area contributed by atoms with Gasteiger partial charge in [0, 0.05) is 31.6 Å². The maximum atomic E-state index is 12.6. The van der Waals surface area contributed by atoms with Gasteiger partial charge in [-0.2, -0.15) is 0 Å². The van der Waals surface area contributed by atoms with Crippen molar-refractivity contribution in [3.05, 3.63) is 84.1 Å². The Bertz CT molecular complexity index is 1030. The van der Waals surface area contributed by atoms with Crippen molar-refractivity contribution in [2.24, 2.45) is 0 Å². The van der Waals surface area contributed by atoms with Crippen molar-refractivity contribution in [1.29, 1.82) is 5.41 Å². The number of benzene rings is 2. The van der Waals surface area contributed by atoms with E-state index in [1.807, 2.05) is 11.9 Å². The number of hydrogen-bond acceptors (Lipinski definition) is 5. The van der Waals surface area contributed by atoms with Gasteiger partial charge in [0.1, 0.15) is 0 Å². The van der Waals surface area contributed by atoms with E-state index in [9.17, 15) is 13.2 Å². The van der Waals surface area contributed by atoms with Crippen LogP contribution in [0.15, 0.2) is 88.3 Å². The van der Waals surface area contributed by atoms with Crippen molar-refractivity contribution in [2.45, 2.75) is 22.4 Å². The summed E-state index contributed by atoms with van der Waals surface area (Å²) in [6.07, 6.45) is 6.44. The Morgan fingerprint density at radius 1 is 1.11 bits per heavy atom. The van der Waals surface area contributed by atoms with Crippen LogP contribution in [0.1, 0.15) is 5.56 Å². The quantitative estimate of drug-likeness (QED) is 0.736. The smallest absolute Gasteiger partial charge is 0.251 e. The highest BCUT2D eigenvalue weighted by molar-refractivity contribution is 7.91. The topological polar surface area (TPSA) is 90.3 Å². The fourth-order valence-corrected chi connectivity index (χ4v) is 4.06. The first-order chi connectivity index (χ1) is 13.4. The maximum Gasteiger partial charge on any atom is 0.251 e. The highest BCUT2D eigenvalue weighted by atomic mass is 32.2. The third-order valence-corrected chi connectivity index (χ3v) is 6.27. The molecule has 0 fully saturated rings. The molecule has 1 heterocycles. The third kappa shape index (κ3) is 4.20. The molecule has 0 radical (unpaired) electrons. The van der Waals surface area contributed by atoms with E-state index in [1.54, 1.807) is 72.9 Å². The Kier molecular flexibility index (Phi) is 5.75. The van der Waals surface area contributed by atoms with Crippen molar-refractivity contribution >= 4 is 22.0 Å². The molecule has 3 rings (SSSR count). The molecule has 1 amide bonds. The number of hydrogen-bond donors (Lipinski definition) is 2. The zero-order valence-electron chi connectivity index (χ0n) is 15.4. The standard InChI is InChI=1S/C21H21N3O3S/c1-24-12-11-17(13-18(24)14-22)21(25)23-15-16-7-9-20(10-8-16)28(26,27)19-5-3-2-4-6-19/h2-14,18,22H,15H2,1H3,(H,23,25). The summed E-state index contributed by atoms with van der Waals surface area (Å²) in [6, 6.07) is 14.5. The van der Waals surface area contributed by atoms with E-state index < -0.39 is 9.84 Å². The first-order valence-electron chi connectivity index (χ1n) is 8.71. The van der Waals surface area contributed by atoms with Gasteiger partial charge in [-0.3, -0.25) is 4.79 Å². The second-order valence-electron chi connectivity index (χ2n) is 6.40. The lowest BCUT2D eigenvalue weighted by atomic mass is 10.1. The molecule has 0 aliphatic carbocycles. The minimum Gasteiger partial charge on any atom is -0.369 e. The van der Waals surface area contributed by atoms with Crippen LogP contribution < -0.4 is 5.32 Å². The average molecular weight is 395 g/mol. The minimum absolute atomic E-state index is 0.212. The van der Waals surface area contributed by atoms with Gasteiger partial charge in [0.2, 0.25) is 9.84 Å². The van der Waals surface area contributed by atoms with Crippen molar-refractivity contribution < 1.29 is 13.2 Å². The van der Waals surface area contributed by atoms with Crippen LogP contribution in [-0.2, 0) is 21.2 Å². The van der Waals surface area contributed by atoms with Crippen molar-refractivity contribution in [2.75, 3.05) is 7.05 Å². The summed E-state index contributed by atoms with van der Waals surface area (Å²) in [5, 5.41) is 10.2. The molecule has 28 heavy (non-hydrogen) atoms. The van der Waals surface area contributed by atoms with Crippen LogP contribution in [0.3, 0.4) is 0 Å². The van der Waals surface area contributed by atoms with E-state index in [2.05, 4.69) is 5.32 Å². The Morgan fingerprint density at radius 3 is 2.39 bits per heavy atom. The number of carbonyl (C=O) groups excluding carboxylic acids is 1. The second-order valence-corrected chi connectivity index (χ2v) is 8.35. The first kappa shape index (κ1) is 19.6. The number of rotatable bonds is 6. The van der Waals surface area contributed by atoms with E-state index in [4.69, 9.17) is 5.41 Å². The molecule has 7 heteroatoms. The fourth-order valence-electron chi connectivity index (χ4n) is 2.78. The van der Waals surface area contributed by atoms with Gasteiger partial charge >= 0.3 is 0 Å². The molecule has 0 saturated heterocycles. The monoisotopic (exact) mass is 395 g/mol. The zero-order chi connectivity index (χ0) is 20.1. The number of sulfone groups is 1. The van der Waals surface area contributed by atoms with E-state index in [0.29, 0.717) is 5.57 Å². The number of amides is 1. The lowest BCUT2D eigenvalue weighted by Gasteiger charge is -2.24. The summed E-state index contributed by atoms with van der Waals surface area (Å²) in [7, 11) is -1.71. The molecule has 2 aromatic carbocycles. The molecule has 0 aromatic heterocycles. The Morgan fingerprint density at radius 2 is 1.75 bits per heavy atom. The van der Waals surface area contributed by atoms with Gasteiger partial charge in [0.05, 0.1) is 15.8 Å². The van der Waals surface area contributed by atoms with E-state index in [-0.39, 0.29) is 28.3 Å². The molecule has 1 aliphatic rings. The molecule has 2 N–H and O–H groups in total. The Labute approximate surface area is 164 Å². The fraction of sp³-hybridized carbons (Fsp3) is 0.143. The van der Waals surface area contributed by atoms with Crippen LogP contribution in [0.2, 0.25) is 0 Å². The summed E-state index contributed by atoms with van der Waals surface area (Å²) in [6.45, 7) is 0.279. The lowest BCUT2D eigenvalue weighted by Crippen LogP contribution is -2.32. The van der Waals surface area contributed by atoms with Crippen molar-refractivity contribution in [1.82, 2.24) is 10.2 Å². The molecule has 0 spiro atoms. The Hall–Kier alpha value is -3.19. The molecule has 1 unspecified atom stereocenters. The van der Waals surface area contributed by atoms with Crippen molar-refractivity contribution in [3.8, 4) is 0 Å². The first-order valence-corrected chi connectivity index (χ1v) is 10.2. The van der Waals surface area contributed by atoms with Crippen LogP contribution in [0.25, 0.3) is 0 Å². The molecule has 1 aliphatic heterocycles. The van der Waals surface area contributed by atoms with Gasteiger partial charge in [-0.25, -0.2) is 8.42 Å². The van der Waals surface area contributed by atoms with Gasteiger partial charge in [0.25, 0.3) is 5.91 Å². The van der Waals surface area contributed by atoms with Gasteiger partial charge in [0.15, 0.2) is 0 Å². The van der Waals surface area contributed by atoms with Gasteiger partial charge in [-0.05, 0) is 42.0 Å². The van der Waals surface area contributed by atoms with Crippen LogP contribution in [0.4, 0.5) is 0 Å². The SMILES string of the molecule is CN1C=CC(C(=O)NCc2ccc(S(=O)(=O)c3ccccc3)cc2)=CC1C=N. The van der Waals surface area contributed by atoms with Gasteiger partial charge in [-0.1, -0.05) is 30.3 Å². The zero-order valence-corrected chi connectivity index (χ0v) is 16.2. The summed E-state index contributed by atoms with van der Waals surface area (Å²) >= 11 is 0. The molecule has 0 saturated carbocycles. The molecule has 144 valence electrons. The van der Waals surface area contributed by atoms with Gasteiger partial charge in [-0.15, -0.1) is 0 Å².